The van der Waals surface area contributed by atoms with Crippen LogP contribution in [0.5, 0.6) is 5.75 Å². The molecular formula is C24H23F4NO4S. The van der Waals surface area contributed by atoms with Crippen molar-refractivity contribution in [2.24, 2.45) is 0 Å². The number of hydrogen-bond donors (Lipinski definition) is 2. The maximum absolute atomic E-state index is 14.5. The van der Waals surface area contributed by atoms with Crippen LogP contribution in [-0.2, 0) is 15.4 Å². The van der Waals surface area contributed by atoms with Gasteiger partial charge < -0.3 is 9.84 Å². The summed E-state index contributed by atoms with van der Waals surface area (Å²) in [6, 6.07) is 10.8. The van der Waals surface area contributed by atoms with E-state index in [1.54, 1.807) is 24.3 Å². The Morgan fingerprint density at radius 1 is 1.06 bits per heavy atom. The van der Waals surface area contributed by atoms with Crippen LogP contribution in [0.4, 0.5) is 17.6 Å². The van der Waals surface area contributed by atoms with E-state index in [4.69, 9.17) is 4.74 Å². The molecule has 2 unspecified atom stereocenters. The second-order valence-corrected chi connectivity index (χ2v) is 10.7. The fourth-order valence-corrected chi connectivity index (χ4v) is 6.40. The third-order valence-corrected chi connectivity index (χ3v) is 7.81. The molecule has 0 fully saturated rings. The maximum atomic E-state index is 14.5. The summed E-state index contributed by atoms with van der Waals surface area (Å²) in [5.41, 5.74) is -5.01. The monoisotopic (exact) mass is 497 g/mol. The van der Waals surface area contributed by atoms with E-state index in [9.17, 15) is 31.1 Å². The van der Waals surface area contributed by atoms with Gasteiger partial charge in [0.05, 0.1) is 18.0 Å². The second-order valence-electron chi connectivity index (χ2n) is 9.06. The molecule has 0 amide bonds. The Kier molecular flexibility index (Phi) is 5.70. The molecule has 2 atom stereocenters. The Labute approximate surface area is 194 Å². The van der Waals surface area contributed by atoms with Gasteiger partial charge in [0, 0.05) is 10.9 Å². The van der Waals surface area contributed by atoms with E-state index in [-0.39, 0.29) is 21.8 Å². The van der Waals surface area contributed by atoms with Gasteiger partial charge in [-0.25, -0.2) is 17.5 Å². The van der Waals surface area contributed by atoms with Crippen LogP contribution in [0, 0.1) is 5.82 Å². The lowest BCUT2D eigenvalue weighted by atomic mass is 9.63. The summed E-state index contributed by atoms with van der Waals surface area (Å²) in [5.74, 6) is -1.09. The van der Waals surface area contributed by atoms with E-state index < -0.39 is 45.5 Å². The van der Waals surface area contributed by atoms with Crippen LogP contribution < -0.4 is 9.46 Å². The van der Waals surface area contributed by atoms with Gasteiger partial charge in [0.15, 0.2) is 17.2 Å². The van der Waals surface area contributed by atoms with E-state index in [0.717, 1.165) is 12.1 Å². The van der Waals surface area contributed by atoms with E-state index in [1.807, 2.05) is 0 Å². The standard InChI is InChI=1S/C24H23F4NO4S/c1-22(2)13-23(30,24(26,27)28)21(16-11-12-17(25)20(33-3)19(16)22)29-34(31,32)18-10-6-8-14-7-4-5-9-15(14)18/h4-12,21,29-30H,13H2,1-3H3. The minimum Gasteiger partial charge on any atom is -0.493 e. The quantitative estimate of drug-likeness (QED) is 0.499. The first-order valence-electron chi connectivity index (χ1n) is 10.4. The molecule has 0 aliphatic heterocycles. The molecule has 3 aromatic rings. The highest BCUT2D eigenvalue weighted by molar-refractivity contribution is 7.89. The van der Waals surface area contributed by atoms with Gasteiger partial charge in [0.25, 0.3) is 0 Å². The van der Waals surface area contributed by atoms with Gasteiger partial charge in [0.2, 0.25) is 10.0 Å². The molecule has 34 heavy (non-hydrogen) atoms. The number of rotatable bonds is 4. The molecular weight excluding hydrogens is 474 g/mol. The van der Waals surface area contributed by atoms with Crippen LogP contribution >= 0.6 is 0 Å². The van der Waals surface area contributed by atoms with Crippen LogP contribution in [0.1, 0.15) is 37.4 Å². The second kappa shape index (κ2) is 7.93. The van der Waals surface area contributed by atoms with Gasteiger partial charge in [-0.1, -0.05) is 56.3 Å². The number of methoxy groups -OCH3 is 1. The van der Waals surface area contributed by atoms with Gasteiger partial charge in [-0.2, -0.15) is 13.2 Å². The van der Waals surface area contributed by atoms with Crippen molar-refractivity contribution in [2.45, 2.75) is 48.4 Å². The van der Waals surface area contributed by atoms with Gasteiger partial charge in [-0.15, -0.1) is 0 Å². The largest absolute Gasteiger partial charge is 0.493 e. The molecule has 0 radical (unpaired) electrons. The molecule has 2 N–H and O–H groups in total. The fraction of sp³-hybridized carbons (Fsp3) is 0.333. The number of aliphatic hydroxyl groups is 1. The Morgan fingerprint density at radius 2 is 1.71 bits per heavy atom. The highest BCUT2D eigenvalue weighted by Crippen LogP contribution is 2.56. The van der Waals surface area contributed by atoms with E-state index in [2.05, 4.69) is 4.72 Å². The van der Waals surface area contributed by atoms with E-state index in [0.29, 0.717) is 10.8 Å². The molecule has 0 heterocycles. The highest BCUT2D eigenvalue weighted by atomic mass is 32.2. The zero-order chi connectivity index (χ0) is 25.1. The van der Waals surface area contributed by atoms with Gasteiger partial charge >= 0.3 is 6.18 Å². The molecule has 3 aromatic carbocycles. The number of ether oxygens (including phenoxy) is 1. The minimum absolute atomic E-state index is 0.0644. The molecule has 182 valence electrons. The third kappa shape index (κ3) is 3.73. The summed E-state index contributed by atoms with van der Waals surface area (Å²) in [6.45, 7) is 2.83. The smallest absolute Gasteiger partial charge is 0.419 e. The van der Waals surface area contributed by atoms with Crippen LogP contribution in [0.15, 0.2) is 59.5 Å². The van der Waals surface area contributed by atoms with Crippen molar-refractivity contribution in [1.82, 2.24) is 4.72 Å². The van der Waals surface area contributed by atoms with Crippen LogP contribution in [0.2, 0.25) is 0 Å². The third-order valence-electron chi connectivity index (χ3n) is 6.33. The maximum Gasteiger partial charge on any atom is 0.419 e. The Morgan fingerprint density at radius 3 is 2.35 bits per heavy atom. The number of benzene rings is 3. The topological polar surface area (TPSA) is 75.6 Å². The lowest BCUT2D eigenvalue weighted by Crippen LogP contribution is -2.60. The summed E-state index contributed by atoms with van der Waals surface area (Å²) in [4.78, 5) is -0.240. The lowest BCUT2D eigenvalue weighted by Gasteiger charge is -2.48. The van der Waals surface area contributed by atoms with E-state index >= 15 is 0 Å². The first kappa shape index (κ1) is 24.4. The van der Waals surface area contributed by atoms with Crippen molar-refractivity contribution < 1.29 is 35.8 Å². The molecule has 1 aliphatic rings. The summed E-state index contributed by atoms with van der Waals surface area (Å²) < 4.78 is 91.5. The number of alkyl halides is 3. The minimum atomic E-state index is -5.20. The van der Waals surface area contributed by atoms with E-state index in [1.165, 1.54) is 39.2 Å². The number of sulfonamides is 1. The molecule has 1 aliphatic carbocycles. The number of nitrogens with one attached hydrogen (secondary N) is 1. The van der Waals surface area contributed by atoms with Crippen LogP contribution in [0.3, 0.4) is 0 Å². The van der Waals surface area contributed by atoms with Gasteiger partial charge in [0.1, 0.15) is 0 Å². The zero-order valence-electron chi connectivity index (χ0n) is 18.6. The number of hydrogen-bond acceptors (Lipinski definition) is 4. The molecule has 5 nitrogen and oxygen atoms in total. The molecule has 0 aromatic heterocycles. The van der Waals surface area contributed by atoms with Crippen LogP contribution in [0.25, 0.3) is 10.8 Å². The highest BCUT2D eigenvalue weighted by Gasteiger charge is 2.65. The first-order valence-corrected chi connectivity index (χ1v) is 11.9. The Hall–Kier alpha value is -2.69. The molecule has 0 saturated heterocycles. The average molecular weight is 498 g/mol. The zero-order valence-corrected chi connectivity index (χ0v) is 19.4. The summed E-state index contributed by atoms with van der Waals surface area (Å²) in [6.07, 6.45) is -6.12. The average Bonchev–Trinajstić information content (AvgIpc) is 2.75. The van der Waals surface area contributed by atoms with Crippen molar-refractivity contribution in [3.05, 3.63) is 71.5 Å². The molecule has 0 spiro atoms. The molecule has 10 heteroatoms. The molecule has 4 rings (SSSR count). The van der Waals surface area contributed by atoms with Crippen molar-refractivity contribution in [1.29, 1.82) is 0 Å². The summed E-state index contributed by atoms with van der Waals surface area (Å²) >= 11 is 0. The summed E-state index contributed by atoms with van der Waals surface area (Å²) in [7, 11) is -3.40. The predicted molar refractivity (Wildman–Crippen MR) is 119 cm³/mol. The fourth-order valence-electron chi connectivity index (χ4n) is 4.91. The SMILES string of the molecule is COc1c(F)ccc2c1C(C)(C)CC(O)(C(F)(F)F)C2NS(=O)(=O)c1cccc2ccccc12. The predicted octanol–water partition coefficient (Wildman–Crippen LogP) is 4.98. The van der Waals surface area contributed by atoms with Crippen molar-refractivity contribution in [2.75, 3.05) is 7.11 Å². The summed E-state index contributed by atoms with van der Waals surface area (Å²) in [5, 5.41) is 11.9. The molecule has 0 saturated carbocycles. The van der Waals surface area contributed by atoms with Crippen molar-refractivity contribution in [3.8, 4) is 5.75 Å². The van der Waals surface area contributed by atoms with Crippen LogP contribution in [-0.4, -0.2) is 32.4 Å². The molecule has 0 bridgehead atoms. The van der Waals surface area contributed by atoms with Gasteiger partial charge in [-0.05, 0) is 34.9 Å². The van der Waals surface area contributed by atoms with Gasteiger partial charge in [-0.3, -0.25) is 0 Å². The normalized spacial score (nSPS) is 22.4. The number of halogens is 4. The van der Waals surface area contributed by atoms with Crippen molar-refractivity contribution >= 4 is 20.8 Å². The van der Waals surface area contributed by atoms with Crippen molar-refractivity contribution in [3.63, 3.8) is 0 Å². The Balaban J connectivity index is 1.96. The lowest BCUT2D eigenvalue weighted by molar-refractivity contribution is -0.279. The first-order chi connectivity index (χ1) is 15.7. The Bertz CT molecular complexity index is 1370. The number of fused-ring (bicyclic) bond motifs is 2.